The molecule has 0 radical (unpaired) electrons. The van der Waals surface area contributed by atoms with Gasteiger partial charge in [-0.3, -0.25) is 0 Å². The second-order valence-electron chi connectivity index (χ2n) is 26.1. The van der Waals surface area contributed by atoms with Gasteiger partial charge in [-0.15, -0.1) is 0 Å². The van der Waals surface area contributed by atoms with Crippen molar-refractivity contribution in [3.63, 3.8) is 0 Å². The van der Waals surface area contributed by atoms with Crippen molar-refractivity contribution >= 4 is 90.2 Å². The second kappa shape index (κ2) is 17.9. The number of rotatable bonds is 5. The molecule has 82 heavy (non-hydrogen) atoms. The number of aryl methyl sites for hydroxylation is 3. The molecule has 18 rings (SSSR count). The molecule has 0 saturated heterocycles. The number of hydrogen-bond donors (Lipinski definition) is 0. The molecule has 11 aromatic rings. The molecule has 0 saturated carbocycles. The first kappa shape index (κ1) is 47.9. The Morgan fingerprint density at radius 3 is 1.76 bits per heavy atom. The Morgan fingerprint density at radius 2 is 1.04 bits per heavy atom. The van der Waals surface area contributed by atoms with Gasteiger partial charge in [0.15, 0.2) is 0 Å². The van der Waals surface area contributed by atoms with E-state index in [0.717, 1.165) is 44.9 Å². The lowest BCUT2D eigenvalue weighted by Crippen LogP contribution is -2.60. The fourth-order valence-corrected chi connectivity index (χ4v) is 18.4. The number of fused-ring (bicyclic) bond motifs is 15. The highest BCUT2D eigenvalue weighted by atomic mass is 32.2. The molecular weight excluding hydrogens is 1010 g/mol. The van der Waals surface area contributed by atoms with Crippen LogP contribution >= 0.6 is 11.8 Å². The maximum atomic E-state index is 2.77. The molecule has 0 fully saturated rings. The number of allylic oxidation sites excluding steroid dienone is 2. The number of benzene rings is 8. The van der Waals surface area contributed by atoms with Gasteiger partial charge >= 0.3 is 0 Å². The molecular formula is C76H67BN4S. The molecule has 0 bridgehead atoms. The largest absolute Gasteiger partial charge is 0.313 e. The molecule has 400 valence electrons. The van der Waals surface area contributed by atoms with E-state index in [1.807, 2.05) is 11.8 Å². The zero-order valence-corrected chi connectivity index (χ0v) is 48.4. The van der Waals surface area contributed by atoms with Gasteiger partial charge in [-0.05, 0) is 217 Å². The summed E-state index contributed by atoms with van der Waals surface area (Å²) in [5.74, 6) is 0.213. The lowest BCUT2D eigenvalue weighted by atomic mass is 9.34. The van der Waals surface area contributed by atoms with E-state index in [1.54, 1.807) is 16.7 Å². The maximum absolute atomic E-state index is 2.77. The van der Waals surface area contributed by atoms with E-state index >= 15 is 0 Å². The molecule has 5 heterocycles. The van der Waals surface area contributed by atoms with Crippen molar-refractivity contribution in [3.8, 4) is 17.1 Å². The first-order valence-corrected chi connectivity index (χ1v) is 31.9. The van der Waals surface area contributed by atoms with Crippen LogP contribution in [-0.2, 0) is 43.9 Å². The van der Waals surface area contributed by atoms with Crippen LogP contribution in [0.2, 0.25) is 0 Å². The fraction of sp³-hybridized carbons (Fsp3) is 0.263. The van der Waals surface area contributed by atoms with Gasteiger partial charge in [-0.2, -0.15) is 0 Å². The van der Waals surface area contributed by atoms with E-state index in [4.69, 9.17) is 0 Å². The Kier molecular flexibility index (Phi) is 10.5. The minimum Gasteiger partial charge on any atom is -0.313 e. The summed E-state index contributed by atoms with van der Waals surface area (Å²) in [7, 11) is 0. The van der Waals surface area contributed by atoms with Crippen molar-refractivity contribution in [1.29, 1.82) is 0 Å². The Hall–Kier alpha value is -7.67. The normalized spacial score (nSPS) is 17.7. The van der Waals surface area contributed by atoms with Gasteiger partial charge < -0.3 is 18.6 Å². The number of nitrogens with zero attached hydrogens (tertiary/aromatic N) is 4. The van der Waals surface area contributed by atoms with Gasteiger partial charge in [0.05, 0.1) is 27.9 Å². The van der Waals surface area contributed by atoms with Gasteiger partial charge in [-0.25, -0.2) is 0 Å². The monoisotopic (exact) mass is 1080 g/mol. The summed E-state index contributed by atoms with van der Waals surface area (Å²) in [6.45, 7) is 7.04. The van der Waals surface area contributed by atoms with Crippen LogP contribution in [0.4, 0.5) is 17.1 Å². The van der Waals surface area contributed by atoms with Gasteiger partial charge in [-0.1, -0.05) is 147 Å². The lowest BCUT2D eigenvalue weighted by molar-refractivity contribution is 0.590. The lowest BCUT2D eigenvalue weighted by Gasteiger charge is -2.42. The standard InChI is InChI=1S/C76H67BN4S/c1-76(2,3)47-35-37-48(38-36-47)80-69-41-46(73-59-25-6-4-5-19-51(59)52-20-7-8-26-60(52)73)42-72-74(69)77(61-40-39-49(45-71(61)82-72)78-63-29-13-9-21-53(63)54-22-10-14-30-64(54)78)62-43-50(79-65-31-15-11-23-55(65)57-27-17-33-66(57)79)44-70(75(62)80)81-67-32-16-12-24-56(67)58-28-18-34-68(58)81/h7-9,11-13,15-16,20-21,23-24,26,29,31-32,35-45,73H,4-6,10,14,17-19,22,25,27-28,30,33-34H2,1-3H3. The predicted molar refractivity (Wildman–Crippen MR) is 345 cm³/mol. The minimum absolute atomic E-state index is 0.0123. The first-order valence-electron chi connectivity index (χ1n) is 31.1. The highest BCUT2D eigenvalue weighted by Gasteiger charge is 2.45. The van der Waals surface area contributed by atoms with Crippen LogP contribution in [0, 0.1) is 0 Å². The molecule has 3 aromatic heterocycles. The van der Waals surface area contributed by atoms with Crippen LogP contribution in [0.5, 0.6) is 0 Å². The molecule has 6 heteroatoms. The quantitative estimate of drug-likeness (QED) is 0.160. The average molecular weight is 1080 g/mol. The van der Waals surface area contributed by atoms with E-state index in [0.29, 0.717) is 0 Å². The fourth-order valence-electron chi connectivity index (χ4n) is 17.2. The van der Waals surface area contributed by atoms with Crippen molar-refractivity contribution < 1.29 is 0 Å². The molecule has 0 spiro atoms. The van der Waals surface area contributed by atoms with Gasteiger partial charge in [0.2, 0.25) is 6.71 Å². The Balaban J connectivity index is 0.974. The molecule has 5 aliphatic carbocycles. The van der Waals surface area contributed by atoms with Crippen LogP contribution in [0.25, 0.3) is 55.3 Å². The summed E-state index contributed by atoms with van der Waals surface area (Å²) >= 11 is 2.04. The smallest absolute Gasteiger partial charge is 0.249 e. The van der Waals surface area contributed by atoms with Gasteiger partial charge in [0.1, 0.15) is 0 Å². The van der Waals surface area contributed by atoms with E-state index in [2.05, 4.69) is 203 Å². The van der Waals surface area contributed by atoms with E-state index in [9.17, 15) is 0 Å². The Morgan fingerprint density at radius 1 is 0.451 bits per heavy atom. The molecule has 7 aliphatic rings. The van der Waals surface area contributed by atoms with Crippen LogP contribution < -0.4 is 21.3 Å². The van der Waals surface area contributed by atoms with E-state index < -0.39 is 0 Å². The first-order chi connectivity index (χ1) is 40.3. The zero-order chi connectivity index (χ0) is 54.1. The molecule has 0 N–H and O–H groups in total. The number of para-hydroxylation sites is 3. The molecule has 0 amide bonds. The number of anilines is 3. The van der Waals surface area contributed by atoms with Crippen molar-refractivity contribution in [2.24, 2.45) is 0 Å². The highest BCUT2D eigenvalue weighted by Crippen LogP contribution is 2.54. The van der Waals surface area contributed by atoms with Crippen LogP contribution in [0.3, 0.4) is 0 Å². The third kappa shape index (κ3) is 6.82. The summed E-state index contributed by atoms with van der Waals surface area (Å²) in [4.78, 5) is 5.55. The van der Waals surface area contributed by atoms with Crippen molar-refractivity contribution in [1.82, 2.24) is 13.7 Å². The van der Waals surface area contributed by atoms with Gasteiger partial charge in [0.25, 0.3) is 0 Å². The number of aromatic nitrogens is 3. The van der Waals surface area contributed by atoms with E-state index in [1.165, 1.54) is 195 Å². The SMILES string of the molecule is CC(C)(C)c1ccc(N2c3cc(C4C5=C(CCCCC5)c5ccccc54)cc4c3B(c3ccc(-n5c6c(c7ccccc75)CCCC6)cc3S4)c3cc(-n4c5c(c6ccccc64)CCC5)cc(-n4c5c(c6ccccc64)CCC5)c32)cc1. The zero-order valence-electron chi connectivity index (χ0n) is 47.5. The van der Waals surface area contributed by atoms with Gasteiger partial charge in [0, 0.05) is 71.7 Å². The van der Waals surface area contributed by atoms with Crippen LogP contribution in [0.1, 0.15) is 141 Å². The predicted octanol–water partition coefficient (Wildman–Crippen LogP) is 17.3. The van der Waals surface area contributed by atoms with Crippen LogP contribution in [0.15, 0.2) is 179 Å². The summed E-state index contributed by atoms with van der Waals surface area (Å²) in [6, 6.07) is 65.5. The molecule has 8 aromatic carbocycles. The average Bonchev–Trinajstić information content (AvgIpc) is 2.01. The third-order valence-electron chi connectivity index (χ3n) is 20.7. The summed E-state index contributed by atoms with van der Waals surface area (Å²) in [5.41, 5.74) is 34.1. The Labute approximate surface area is 486 Å². The third-order valence-corrected chi connectivity index (χ3v) is 21.8. The topological polar surface area (TPSA) is 18.0 Å². The minimum atomic E-state index is -0.0215. The summed E-state index contributed by atoms with van der Waals surface area (Å²) < 4.78 is 8.11. The van der Waals surface area contributed by atoms with Crippen molar-refractivity contribution in [3.05, 3.63) is 225 Å². The Bertz CT molecular complexity index is 4590. The molecule has 1 atom stereocenters. The number of hydrogen-bond acceptors (Lipinski definition) is 2. The second-order valence-corrected chi connectivity index (χ2v) is 27.2. The summed E-state index contributed by atoms with van der Waals surface area (Å²) in [6.07, 6.45) is 17.7. The van der Waals surface area contributed by atoms with Crippen molar-refractivity contribution in [2.45, 2.75) is 138 Å². The molecule has 2 aliphatic heterocycles. The summed E-state index contributed by atoms with van der Waals surface area (Å²) in [5, 5.41) is 4.24. The molecule has 1 unspecified atom stereocenters. The highest BCUT2D eigenvalue weighted by molar-refractivity contribution is 8.00. The van der Waals surface area contributed by atoms with Crippen molar-refractivity contribution in [2.75, 3.05) is 4.90 Å². The van der Waals surface area contributed by atoms with E-state index in [-0.39, 0.29) is 18.0 Å². The van der Waals surface area contributed by atoms with Crippen LogP contribution in [-0.4, -0.2) is 20.4 Å². The molecule has 4 nitrogen and oxygen atoms in total. The maximum Gasteiger partial charge on any atom is 0.249 e.